The number of carboxylic acids is 1. The van der Waals surface area contributed by atoms with E-state index in [1.54, 1.807) is 0 Å². The molecule has 0 spiro atoms. The lowest BCUT2D eigenvalue weighted by Crippen LogP contribution is -2.54. The number of aromatic amines is 1. The number of hydrogen-bond donors (Lipinski definition) is 1. The highest BCUT2D eigenvalue weighted by Gasteiger charge is 2.36. The Morgan fingerprint density at radius 3 is 2.70 bits per heavy atom. The number of fused-ring (bicyclic) bond motifs is 3. The van der Waals surface area contributed by atoms with E-state index in [1.807, 2.05) is 31.2 Å². The van der Waals surface area contributed by atoms with Crippen LogP contribution in [0.5, 0.6) is 0 Å². The monoisotopic (exact) mass is 271 g/mol. The number of carbonyl (C=O) groups is 2. The first-order chi connectivity index (χ1) is 9.50. The second kappa shape index (κ2) is 4.37. The normalized spacial score (nSPS) is 21.8. The van der Waals surface area contributed by atoms with E-state index in [2.05, 4.69) is 4.98 Å². The molecule has 20 heavy (non-hydrogen) atoms. The van der Waals surface area contributed by atoms with Crippen molar-refractivity contribution in [2.75, 3.05) is 0 Å². The molecule has 1 aromatic carbocycles. The largest absolute Gasteiger partial charge is 0.548 e. The van der Waals surface area contributed by atoms with Crippen LogP contribution in [0.3, 0.4) is 0 Å². The van der Waals surface area contributed by atoms with Crippen molar-refractivity contribution in [3.8, 4) is 0 Å². The number of H-pyrrole nitrogens is 1. The summed E-state index contributed by atoms with van der Waals surface area (Å²) in [6, 6.07) is 6.56. The molecule has 2 heterocycles. The molecule has 0 radical (unpaired) electrons. The van der Waals surface area contributed by atoms with Gasteiger partial charge in [-0.2, -0.15) is 0 Å². The standard InChI is InChI=1S/C15H16N2O3/c1-8-14-11(10-5-3-4-6-12(10)16-14)7-13(15(19)20)17(8)9(2)18/h3-6,8,13,16H,7H2,1-2H3,(H,19,20)/p-1/t8-,13-/m0/s1. The third-order valence-electron chi connectivity index (χ3n) is 4.05. The van der Waals surface area contributed by atoms with Gasteiger partial charge in [-0.1, -0.05) is 18.2 Å². The summed E-state index contributed by atoms with van der Waals surface area (Å²) in [6.07, 6.45) is 0.283. The second-order valence-corrected chi connectivity index (χ2v) is 5.20. The molecule has 1 aliphatic rings. The summed E-state index contributed by atoms with van der Waals surface area (Å²) in [6.45, 7) is 3.23. The number of hydrogen-bond acceptors (Lipinski definition) is 3. The Labute approximate surface area is 116 Å². The lowest BCUT2D eigenvalue weighted by molar-refractivity contribution is -0.312. The molecule has 0 unspecified atom stereocenters. The van der Waals surface area contributed by atoms with Crippen LogP contribution in [0.15, 0.2) is 24.3 Å². The lowest BCUT2D eigenvalue weighted by atomic mass is 9.92. The Morgan fingerprint density at radius 2 is 2.05 bits per heavy atom. The average Bonchev–Trinajstić information content (AvgIpc) is 2.77. The number of aliphatic carboxylic acids is 1. The van der Waals surface area contributed by atoms with E-state index in [0.717, 1.165) is 22.2 Å². The molecule has 0 aliphatic carbocycles. The average molecular weight is 271 g/mol. The maximum Gasteiger partial charge on any atom is 0.220 e. The van der Waals surface area contributed by atoms with Gasteiger partial charge in [0, 0.05) is 29.9 Å². The summed E-state index contributed by atoms with van der Waals surface area (Å²) in [5.41, 5.74) is 2.85. The van der Waals surface area contributed by atoms with Crippen LogP contribution in [0, 0.1) is 0 Å². The number of nitrogens with one attached hydrogen (secondary N) is 1. The molecule has 1 aliphatic heterocycles. The number of carbonyl (C=O) groups excluding carboxylic acids is 2. The number of carboxylic acid groups (broad SMARTS) is 1. The number of benzene rings is 1. The van der Waals surface area contributed by atoms with E-state index in [1.165, 1.54) is 11.8 Å². The van der Waals surface area contributed by atoms with Crippen LogP contribution in [-0.2, 0) is 16.0 Å². The van der Waals surface area contributed by atoms with Crippen molar-refractivity contribution in [3.63, 3.8) is 0 Å². The van der Waals surface area contributed by atoms with Crippen molar-refractivity contribution < 1.29 is 14.7 Å². The molecule has 5 heteroatoms. The molecule has 0 fully saturated rings. The van der Waals surface area contributed by atoms with Crippen molar-refractivity contribution >= 4 is 22.8 Å². The van der Waals surface area contributed by atoms with Crippen molar-refractivity contribution in [1.29, 1.82) is 0 Å². The zero-order chi connectivity index (χ0) is 14.4. The number of aromatic nitrogens is 1. The predicted octanol–water partition coefficient (Wildman–Crippen LogP) is 0.752. The van der Waals surface area contributed by atoms with E-state index in [0.29, 0.717) is 0 Å². The molecule has 2 aromatic rings. The zero-order valence-corrected chi connectivity index (χ0v) is 11.3. The Morgan fingerprint density at radius 1 is 1.35 bits per heavy atom. The Bertz CT molecular complexity index is 704. The van der Waals surface area contributed by atoms with Crippen LogP contribution in [0.4, 0.5) is 0 Å². The molecule has 3 rings (SSSR count). The number of para-hydroxylation sites is 1. The van der Waals surface area contributed by atoms with Gasteiger partial charge >= 0.3 is 0 Å². The smallest absolute Gasteiger partial charge is 0.220 e. The number of amides is 1. The molecular weight excluding hydrogens is 256 g/mol. The van der Waals surface area contributed by atoms with Crippen molar-refractivity contribution in [2.24, 2.45) is 0 Å². The Hall–Kier alpha value is -2.30. The first-order valence-corrected chi connectivity index (χ1v) is 6.60. The zero-order valence-electron chi connectivity index (χ0n) is 11.3. The highest BCUT2D eigenvalue weighted by atomic mass is 16.4. The van der Waals surface area contributed by atoms with E-state index >= 15 is 0 Å². The quantitative estimate of drug-likeness (QED) is 0.831. The van der Waals surface area contributed by atoms with Gasteiger partial charge in [-0.05, 0) is 18.6 Å². The number of nitrogens with zero attached hydrogens (tertiary/aromatic N) is 1. The molecular formula is C15H15N2O3-. The van der Waals surface area contributed by atoms with Crippen molar-refractivity contribution in [1.82, 2.24) is 9.88 Å². The van der Waals surface area contributed by atoms with Gasteiger partial charge in [0.15, 0.2) is 0 Å². The van der Waals surface area contributed by atoms with E-state index in [9.17, 15) is 14.7 Å². The third kappa shape index (κ3) is 1.70. The minimum atomic E-state index is -1.21. The van der Waals surface area contributed by atoms with Crippen LogP contribution >= 0.6 is 0 Å². The molecule has 1 N–H and O–H groups in total. The molecule has 1 amide bonds. The van der Waals surface area contributed by atoms with E-state index in [-0.39, 0.29) is 18.4 Å². The summed E-state index contributed by atoms with van der Waals surface area (Å²) in [5, 5.41) is 12.4. The first kappa shape index (κ1) is 12.7. The van der Waals surface area contributed by atoms with Gasteiger partial charge in [0.2, 0.25) is 5.91 Å². The molecule has 0 saturated heterocycles. The van der Waals surface area contributed by atoms with Gasteiger partial charge in [0.25, 0.3) is 0 Å². The highest BCUT2D eigenvalue weighted by molar-refractivity contribution is 5.89. The highest BCUT2D eigenvalue weighted by Crippen LogP contribution is 2.36. The molecule has 2 atom stereocenters. The van der Waals surface area contributed by atoms with Gasteiger partial charge in [-0.25, -0.2) is 0 Å². The Kier molecular flexibility index (Phi) is 2.78. The first-order valence-electron chi connectivity index (χ1n) is 6.60. The van der Waals surface area contributed by atoms with Crippen LogP contribution < -0.4 is 5.11 Å². The molecule has 1 aromatic heterocycles. The lowest BCUT2D eigenvalue weighted by Gasteiger charge is -2.40. The van der Waals surface area contributed by atoms with Gasteiger partial charge in [-0.15, -0.1) is 0 Å². The van der Waals surface area contributed by atoms with Crippen molar-refractivity contribution in [3.05, 3.63) is 35.5 Å². The summed E-state index contributed by atoms with van der Waals surface area (Å²) in [7, 11) is 0. The van der Waals surface area contributed by atoms with Crippen LogP contribution in [0.1, 0.15) is 31.1 Å². The third-order valence-corrected chi connectivity index (χ3v) is 4.05. The summed E-state index contributed by atoms with van der Waals surface area (Å²) < 4.78 is 0. The fourth-order valence-corrected chi connectivity index (χ4v) is 3.19. The van der Waals surface area contributed by atoms with Gasteiger partial charge in [0.05, 0.1) is 18.1 Å². The fourth-order valence-electron chi connectivity index (χ4n) is 3.19. The molecule has 0 bridgehead atoms. The van der Waals surface area contributed by atoms with Crippen LogP contribution in [0.25, 0.3) is 10.9 Å². The predicted molar refractivity (Wildman–Crippen MR) is 71.7 cm³/mol. The van der Waals surface area contributed by atoms with Crippen LogP contribution in [-0.4, -0.2) is 27.8 Å². The molecule has 5 nitrogen and oxygen atoms in total. The Balaban J connectivity index is 2.20. The van der Waals surface area contributed by atoms with Gasteiger partial charge < -0.3 is 19.8 Å². The van der Waals surface area contributed by atoms with Crippen LogP contribution in [0.2, 0.25) is 0 Å². The molecule has 0 saturated carbocycles. The summed E-state index contributed by atoms with van der Waals surface area (Å²) >= 11 is 0. The second-order valence-electron chi connectivity index (χ2n) is 5.20. The fraction of sp³-hybridized carbons (Fsp3) is 0.333. The number of rotatable bonds is 1. The van der Waals surface area contributed by atoms with E-state index < -0.39 is 12.0 Å². The molecule has 104 valence electrons. The van der Waals surface area contributed by atoms with Crippen molar-refractivity contribution in [2.45, 2.75) is 32.4 Å². The van der Waals surface area contributed by atoms with E-state index in [4.69, 9.17) is 0 Å². The maximum atomic E-state index is 11.8. The van der Waals surface area contributed by atoms with Gasteiger partial charge in [0.1, 0.15) is 0 Å². The minimum absolute atomic E-state index is 0.254. The summed E-state index contributed by atoms with van der Waals surface area (Å²) in [5.74, 6) is -1.46. The summed E-state index contributed by atoms with van der Waals surface area (Å²) in [4.78, 5) is 27.8. The minimum Gasteiger partial charge on any atom is -0.548 e. The topological polar surface area (TPSA) is 76.2 Å². The SMILES string of the molecule is CC(=O)N1[C@H](C(=O)[O-])Cc2c([nH]c3ccccc23)[C@@H]1C. The van der Waals surface area contributed by atoms with Gasteiger partial charge in [-0.3, -0.25) is 4.79 Å². The maximum absolute atomic E-state index is 11.8.